The van der Waals surface area contributed by atoms with Crippen molar-refractivity contribution in [3.63, 3.8) is 0 Å². The third-order valence-electron chi connectivity index (χ3n) is 10.2. The fourth-order valence-corrected chi connectivity index (χ4v) is 7.43. The zero-order valence-electron chi connectivity index (χ0n) is 27.3. The number of carbonyl (C=O) groups is 2. The summed E-state index contributed by atoms with van der Waals surface area (Å²) in [6.45, 7) is 4.12. The van der Waals surface area contributed by atoms with Crippen molar-refractivity contribution in [2.24, 2.45) is 0 Å². The van der Waals surface area contributed by atoms with Crippen LogP contribution in [0.1, 0.15) is 74.6 Å². The molecule has 3 saturated heterocycles. The number of likely N-dealkylation sites (tertiary alicyclic amines) is 1. The van der Waals surface area contributed by atoms with Gasteiger partial charge in [0.25, 0.3) is 11.8 Å². The first-order valence-electron chi connectivity index (χ1n) is 17.1. The molecule has 0 bridgehead atoms. The maximum absolute atomic E-state index is 12.9. The number of aliphatic hydroxyl groups excluding tert-OH is 1. The van der Waals surface area contributed by atoms with E-state index in [1.54, 1.807) is 24.3 Å². The second kappa shape index (κ2) is 13.6. The zero-order chi connectivity index (χ0) is 33.4. The van der Waals surface area contributed by atoms with Crippen LogP contribution in [0.4, 0.5) is 0 Å². The largest absolute Gasteiger partial charge is 0.392 e. The molecule has 0 aromatic heterocycles. The highest BCUT2D eigenvalue weighted by Gasteiger charge is 2.41. The third-order valence-corrected chi connectivity index (χ3v) is 10.2. The van der Waals surface area contributed by atoms with Gasteiger partial charge < -0.3 is 29.0 Å². The molecule has 3 fully saturated rings. The van der Waals surface area contributed by atoms with Crippen LogP contribution in [0, 0.1) is 0 Å². The Morgan fingerprint density at radius 3 is 2.06 bits per heavy atom. The monoisotopic (exact) mass is 660 g/mol. The molecular formula is C40H40N2O7. The van der Waals surface area contributed by atoms with Gasteiger partial charge in [-0.25, -0.2) is 0 Å². The number of amides is 2. The number of carbonyl (C=O) groups excluding carboxylic acids is 2. The number of aliphatic hydroxyl groups is 1. The summed E-state index contributed by atoms with van der Waals surface area (Å²) in [6.07, 6.45) is 1.68. The summed E-state index contributed by atoms with van der Waals surface area (Å²) in [5.41, 5.74) is 6.64. The number of benzene rings is 4. The number of ether oxygens (including phenoxy) is 4. The van der Waals surface area contributed by atoms with E-state index < -0.39 is 12.1 Å². The average Bonchev–Trinajstić information content (AvgIpc) is 3.71. The quantitative estimate of drug-likeness (QED) is 0.229. The molecule has 1 spiro atoms. The van der Waals surface area contributed by atoms with E-state index in [0.717, 1.165) is 72.3 Å². The van der Waals surface area contributed by atoms with E-state index in [-0.39, 0.29) is 37.2 Å². The van der Waals surface area contributed by atoms with Gasteiger partial charge in [-0.1, -0.05) is 78.9 Å². The fraction of sp³-hybridized carbons (Fsp3) is 0.350. The summed E-state index contributed by atoms with van der Waals surface area (Å²) in [6, 6.07) is 31.1. The van der Waals surface area contributed by atoms with Gasteiger partial charge in [-0.05, 0) is 46.0 Å². The van der Waals surface area contributed by atoms with Gasteiger partial charge in [0.05, 0.1) is 49.7 Å². The van der Waals surface area contributed by atoms with Gasteiger partial charge in [0.2, 0.25) is 0 Å². The molecule has 49 heavy (non-hydrogen) atoms. The molecule has 3 atom stereocenters. The molecule has 4 aliphatic heterocycles. The zero-order valence-corrected chi connectivity index (χ0v) is 27.3. The Kier molecular flexibility index (Phi) is 8.88. The van der Waals surface area contributed by atoms with E-state index in [1.165, 1.54) is 4.90 Å². The van der Waals surface area contributed by atoms with Crippen LogP contribution in [0.3, 0.4) is 0 Å². The summed E-state index contributed by atoms with van der Waals surface area (Å²) in [7, 11) is 0. The lowest BCUT2D eigenvalue weighted by Crippen LogP contribution is -2.48. The van der Waals surface area contributed by atoms with E-state index in [1.807, 2.05) is 60.7 Å². The smallest absolute Gasteiger partial charge is 0.261 e. The molecule has 252 valence electrons. The highest BCUT2D eigenvalue weighted by molar-refractivity contribution is 6.21. The Morgan fingerprint density at radius 2 is 1.39 bits per heavy atom. The Morgan fingerprint density at radius 1 is 0.714 bits per heavy atom. The molecule has 4 heterocycles. The normalized spacial score (nSPS) is 23.7. The first kappa shape index (κ1) is 32.0. The highest BCUT2D eigenvalue weighted by atomic mass is 16.7. The summed E-state index contributed by atoms with van der Waals surface area (Å²) in [4.78, 5) is 29.6. The molecule has 0 radical (unpaired) electrons. The molecule has 4 aromatic rings. The Labute approximate surface area is 286 Å². The second-order valence-electron chi connectivity index (χ2n) is 13.3. The molecule has 1 N–H and O–H groups in total. The Hall–Kier alpha value is -4.22. The van der Waals surface area contributed by atoms with E-state index in [4.69, 9.17) is 18.9 Å². The van der Waals surface area contributed by atoms with E-state index in [9.17, 15) is 14.7 Å². The fourth-order valence-electron chi connectivity index (χ4n) is 7.43. The van der Waals surface area contributed by atoms with Gasteiger partial charge >= 0.3 is 0 Å². The summed E-state index contributed by atoms with van der Waals surface area (Å²) >= 11 is 0. The second-order valence-corrected chi connectivity index (χ2v) is 13.3. The lowest BCUT2D eigenvalue weighted by atomic mass is 9.98. The maximum atomic E-state index is 12.9. The van der Waals surface area contributed by atoms with Crippen molar-refractivity contribution in [2.45, 2.75) is 56.7 Å². The summed E-state index contributed by atoms with van der Waals surface area (Å²) in [5.74, 6) is -0.933. The van der Waals surface area contributed by atoms with Crippen LogP contribution in [-0.2, 0) is 32.1 Å². The number of rotatable bonds is 8. The maximum Gasteiger partial charge on any atom is 0.261 e. The number of fused-ring (bicyclic) bond motifs is 1. The van der Waals surface area contributed by atoms with Crippen LogP contribution in [0.2, 0.25) is 0 Å². The molecule has 4 aliphatic rings. The molecule has 2 amide bonds. The predicted octanol–water partition coefficient (Wildman–Crippen LogP) is 6.03. The molecule has 0 aliphatic carbocycles. The van der Waals surface area contributed by atoms with Crippen LogP contribution in [0.15, 0.2) is 97.1 Å². The van der Waals surface area contributed by atoms with Gasteiger partial charge in [-0.15, -0.1) is 0 Å². The van der Waals surface area contributed by atoms with E-state index >= 15 is 0 Å². The van der Waals surface area contributed by atoms with Gasteiger partial charge in [0.15, 0.2) is 12.1 Å². The minimum Gasteiger partial charge on any atom is -0.392 e. The van der Waals surface area contributed by atoms with Gasteiger partial charge in [-0.3, -0.25) is 14.5 Å². The SMILES string of the molecule is O=C1c2ccccc2C(=O)N1Cc1cccc(-c2ccc([C@@H]3O[C@H](CN4CCC5(CC4)OCCO5)C[C@H](c4ccc(CO)cc4)O3)cc2)c1. The molecule has 9 nitrogen and oxygen atoms in total. The van der Waals surface area contributed by atoms with Crippen LogP contribution < -0.4 is 0 Å². The van der Waals surface area contributed by atoms with Crippen molar-refractivity contribution in [3.05, 3.63) is 130 Å². The highest BCUT2D eigenvalue weighted by Crippen LogP contribution is 2.40. The standard InChI is InChI=1S/C40H40N2O7/c43-26-27-8-10-30(11-9-27)36-23-33(25-41-18-16-40(17-19-41)46-20-21-47-40)48-39(49-36)31-14-12-29(13-15-31)32-5-3-4-28(22-32)24-42-37(44)34-6-1-2-7-35(34)38(42)45/h1-15,22,33,36,39,43H,16-21,23-26H2/t33-,36+,39+/m0/s1. The van der Waals surface area contributed by atoms with Crippen LogP contribution in [0.25, 0.3) is 11.1 Å². The minimum atomic E-state index is -0.548. The molecule has 9 heteroatoms. The topological polar surface area (TPSA) is 97.8 Å². The molecule has 0 saturated carbocycles. The number of piperidine rings is 1. The summed E-state index contributed by atoms with van der Waals surface area (Å²) in [5, 5.41) is 9.57. The van der Waals surface area contributed by atoms with Gasteiger partial charge in [0.1, 0.15) is 0 Å². The first-order chi connectivity index (χ1) is 24.0. The van der Waals surface area contributed by atoms with Crippen molar-refractivity contribution in [1.29, 1.82) is 0 Å². The number of imide groups is 1. The van der Waals surface area contributed by atoms with Crippen LogP contribution >= 0.6 is 0 Å². The van der Waals surface area contributed by atoms with Crippen LogP contribution in [-0.4, -0.2) is 71.5 Å². The third kappa shape index (κ3) is 6.58. The van der Waals surface area contributed by atoms with Crippen molar-refractivity contribution >= 4 is 11.8 Å². The summed E-state index contributed by atoms with van der Waals surface area (Å²) < 4.78 is 25.1. The Bertz CT molecular complexity index is 1770. The average molecular weight is 661 g/mol. The van der Waals surface area contributed by atoms with Crippen molar-refractivity contribution in [3.8, 4) is 11.1 Å². The Balaban J connectivity index is 0.976. The van der Waals surface area contributed by atoms with E-state index in [0.29, 0.717) is 24.3 Å². The number of nitrogens with zero attached hydrogens (tertiary/aromatic N) is 2. The van der Waals surface area contributed by atoms with Gasteiger partial charge in [-0.2, -0.15) is 0 Å². The van der Waals surface area contributed by atoms with Crippen molar-refractivity contribution < 1.29 is 33.6 Å². The molecule has 4 aromatic carbocycles. The lowest BCUT2D eigenvalue weighted by Gasteiger charge is -2.41. The minimum absolute atomic E-state index is 0.00205. The van der Waals surface area contributed by atoms with E-state index in [2.05, 4.69) is 17.0 Å². The van der Waals surface area contributed by atoms with Gasteiger partial charge in [0, 0.05) is 44.5 Å². The predicted molar refractivity (Wildman–Crippen MR) is 181 cm³/mol. The number of hydrogen-bond donors (Lipinski definition) is 1. The first-order valence-corrected chi connectivity index (χ1v) is 17.1. The molecule has 8 rings (SSSR count). The van der Waals surface area contributed by atoms with Crippen molar-refractivity contribution in [1.82, 2.24) is 9.80 Å². The van der Waals surface area contributed by atoms with Crippen LogP contribution in [0.5, 0.6) is 0 Å². The number of hydrogen-bond acceptors (Lipinski definition) is 8. The molecular weight excluding hydrogens is 620 g/mol. The van der Waals surface area contributed by atoms with Crippen molar-refractivity contribution in [2.75, 3.05) is 32.8 Å². The lowest BCUT2D eigenvalue weighted by molar-refractivity contribution is -0.255. The molecule has 0 unspecified atom stereocenters.